The van der Waals surface area contributed by atoms with Gasteiger partial charge in [-0.2, -0.15) is 0 Å². The highest BCUT2D eigenvalue weighted by atomic mass is 16.5. The number of nitrogens with two attached hydrogens (primary N) is 2. The predicted molar refractivity (Wildman–Crippen MR) is 98.8 cm³/mol. The van der Waals surface area contributed by atoms with Gasteiger partial charge in [0.05, 0.1) is 12.2 Å². The van der Waals surface area contributed by atoms with E-state index in [9.17, 15) is 9.59 Å². The molecule has 1 saturated heterocycles. The number of benzene rings is 1. The normalized spacial score (nSPS) is 13.7. The Morgan fingerprint density at radius 2 is 2.12 bits per heavy atom. The molecule has 0 bridgehead atoms. The molecule has 2 heterocycles. The Kier molecular flexibility index (Phi) is 5.08. The van der Waals surface area contributed by atoms with Gasteiger partial charge in [0.1, 0.15) is 17.3 Å². The van der Waals surface area contributed by atoms with Crippen LogP contribution in [0.4, 0.5) is 11.5 Å². The molecule has 9 heteroatoms. The third-order valence-corrected chi connectivity index (χ3v) is 4.27. The van der Waals surface area contributed by atoms with E-state index < -0.39 is 5.56 Å². The summed E-state index contributed by atoms with van der Waals surface area (Å²) in [5, 5.41) is 0. The van der Waals surface area contributed by atoms with Gasteiger partial charge in [-0.05, 0) is 38.0 Å². The fourth-order valence-corrected chi connectivity index (χ4v) is 2.95. The zero-order chi connectivity index (χ0) is 18.7. The number of aromatic nitrogens is 2. The van der Waals surface area contributed by atoms with Crippen molar-refractivity contribution < 1.29 is 9.53 Å². The van der Waals surface area contributed by atoms with Gasteiger partial charge in [0, 0.05) is 18.7 Å². The minimum Gasteiger partial charge on any atom is -0.493 e. The number of likely N-dealkylation sites (tertiary alicyclic amines) is 1. The van der Waals surface area contributed by atoms with Gasteiger partial charge in [-0.25, -0.2) is 10.8 Å². The summed E-state index contributed by atoms with van der Waals surface area (Å²) < 4.78 is 5.67. The maximum absolute atomic E-state index is 12.6. The van der Waals surface area contributed by atoms with Crippen LogP contribution in [0.1, 0.15) is 30.1 Å². The van der Waals surface area contributed by atoms with E-state index in [1.54, 1.807) is 18.2 Å². The Hall–Kier alpha value is -3.07. The van der Waals surface area contributed by atoms with Gasteiger partial charge in [0.15, 0.2) is 5.82 Å². The molecule has 138 valence electrons. The average molecular weight is 358 g/mol. The first-order chi connectivity index (χ1) is 12.5. The molecule has 0 atom stereocenters. The van der Waals surface area contributed by atoms with Gasteiger partial charge < -0.3 is 25.8 Å². The van der Waals surface area contributed by atoms with Crippen molar-refractivity contribution in [2.24, 2.45) is 5.84 Å². The van der Waals surface area contributed by atoms with E-state index >= 15 is 0 Å². The van der Waals surface area contributed by atoms with Crippen LogP contribution in [0.5, 0.6) is 5.75 Å². The zero-order valence-electron chi connectivity index (χ0n) is 14.5. The quantitative estimate of drug-likeness (QED) is 0.460. The summed E-state index contributed by atoms with van der Waals surface area (Å²) in [5.41, 5.74) is 8.41. The topological polar surface area (TPSA) is 139 Å². The molecule has 1 aromatic heterocycles. The first-order valence-electron chi connectivity index (χ1n) is 8.48. The second kappa shape index (κ2) is 7.44. The number of hydrazine groups is 1. The van der Waals surface area contributed by atoms with E-state index in [4.69, 9.17) is 16.3 Å². The maximum Gasteiger partial charge on any atom is 0.276 e. The Morgan fingerprint density at radius 1 is 1.38 bits per heavy atom. The lowest BCUT2D eigenvalue weighted by molar-refractivity contribution is 0.0792. The predicted octanol–water partition coefficient (Wildman–Crippen LogP) is 0.939. The lowest BCUT2D eigenvalue weighted by atomic mass is 10.1. The number of ether oxygens (including phenoxy) is 1. The van der Waals surface area contributed by atoms with Crippen molar-refractivity contribution >= 4 is 17.4 Å². The minimum absolute atomic E-state index is 0.0296. The SMILES string of the molecule is CCOc1cc(C(=O)N2CCCC2)ccc1-c1nc(NN)c(N)c(=O)[nH]1. The third-order valence-electron chi connectivity index (χ3n) is 4.27. The summed E-state index contributed by atoms with van der Waals surface area (Å²) >= 11 is 0. The molecule has 9 nitrogen and oxygen atoms in total. The number of nitrogens with zero attached hydrogens (tertiary/aromatic N) is 2. The Morgan fingerprint density at radius 3 is 2.77 bits per heavy atom. The van der Waals surface area contributed by atoms with E-state index in [1.807, 2.05) is 11.8 Å². The fourth-order valence-electron chi connectivity index (χ4n) is 2.95. The number of rotatable bonds is 5. The molecule has 0 saturated carbocycles. The van der Waals surface area contributed by atoms with E-state index in [-0.39, 0.29) is 23.2 Å². The molecule has 1 aromatic carbocycles. The van der Waals surface area contributed by atoms with Crippen molar-refractivity contribution in [2.75, 3.05) is 30.9 Å². The highest BCUT2D eigenvalue weighted by molar-refractivity contribution is 5.95. The van der Waals surface area contributed by atoms with Gasteiger partial charge in [-0.15, -0.1) is 0 Å². The molecule has 1 fully saturated rings. The molecule has 6 N–H and O–H groups in total. The molecule has 0 spiro atoms. The van der Waals surface area contributed by atoms with Crippen LogP contribution in [-0.2, 0) is 0 Å². The van der Waals surface area contributed by atoms with Crippen LogP contribution in [0, 0.1) is 0 Å². The highest BCUT2D eigenvalue weighted by Gasteiger charge is 2.21. The van der Waals surface area contributed by atoms with Crippen LogP contribution in [0.2, 0.25) is 0 Å². The monoisotopic (exact) mass is 358 g/mol. The van der Waals surface area contributed by atoms with Crippen LogP contribution in [-0.4, -0.2) is 40.5 Å². The third kappa shape index (κ3) is 3.33. The number of nitrogen functional groups attached to an aromatic ring is 2. The standard InChI is InChI=1S/C17H22N6O3/c1-2-26-12-9-10(17(25)23-7-3-4-8-23)5-6-11(12)14-20-15(22-19)13(18)16(24)21-14/h5-6,9H,2-4,7-8,18-19H2,1H3,(H2,20,21,22,24). The summed E-state index contributed by atoms with van der Waals surface area (Å²) in [6.07, 6.45) is 2.04. The molecule has 3 rings (SSSR count). The molecular weight excluding hydrogens is 336 g/mol. The molecule has 1 aliphatic rings. The summed E-state index contributed by atoms with van der Waals surface area (Å²) in [5.74, 6) is 6.12. The second-order valence-corrected chi connectivity index (χ2v) is 5.96. The summed E-state index contributed by atoms with van der Waals surface area (Å²) in [7, 11) is 0. The number of anilines is 2. The van der Waals surface area contributed by atoms with E-state index in [0.29, 0.717) is 23.5 Å². The molecule has 1 amide bonds. The largest absolute Gasteiger partial charge is 0.493 e. The van der Waals surface area contributed by atoms with Crippen molar-refractivity contribution in [1.29, 1.82) is 0 Å². The summed E-state index contributed by atoms with van der Waals surface area (Å²) in [4.78, 5) is 33.3. The Bertz CT molecular complexity index is 873. The first kappa shape index (κ1) is 17.7. The zero-order valence-corrected chi connectivity index (χ0v) is 14.5. The summed E-state index contributed by atoms with van der Waals surface area (Å²) in [6, 6.07) is 5.07. The van der Waals surface area contributed by atoms with Crippen LogP contribution in [0.3, 0.4) is 0 Å². The fraction of sp³-hybridized carbons (Fsp3) is 0.353. The van der Waals surface area contributed by atoms with Gasteiger partial charge >= 0.3 is 0 Å². The van der Waals surface area contributed by atoms with E-state index in [2.05, 4.69) is 15.4 Å². The number of H-pyrrole nitrogens is 1. The van der Waals surface area contributed by atoms with Crippen molar-refractivity contribution in [3.63, 3.8) is 0 Å². The van der Waals surface area contributed by atoms with E-state index in [1.165, 1.54) is 0 Å². The molecule has 0 radical (unpaired) electrons. The lowest BCUT2D eigenvalue weighted by Crippen LogP contribution is -2.27. The molecule has 2 aromatic rings. The minimum atomic E-state index is -0.511. The Labute approximate surface area is 150 Å². The highest BCUT2D eigenvalue weighted by Crippen LogP contribution is 2.30. The van der Waals surface area contributed by atoms with Gasteiger partial charge in [-0.3, -0.25) is 9.59 Å². The van der Waals surface area contributed by atoms with E-state index in [0.717, 1.165) is 25.9 Å². The van der Waals surface area contributed by atoms with Gasteiger partial charge in [0.25, 0.3) is 11.5 Å². The number of hydrogen-bond acceptors (Lipinski definition) is 7. The van der Waals surface area contributed by atoms with Crippen LogP contribution < -0.4 is 27.3 Å². The average Bonchev–Trinajstić information content (AvgIpc) is 3.18. The van der Waals surface area contributed by atoms with Crippen molar-refractivity contribution in [3.8, 4) is 17.1 Å². The maximum atomic E-state index is 12.6. The molecule has 1 aliphatic heterocycles. The molecular formula is C17H22N6O3. The van der Waals surface area contributed by atoms with Crippen LogP contribution in [0.15, 0.2) is 23.0 Å². The first-order valence-corrected chi connectivity index (χ1v) is 8.48. The van der Waals surface area contributed by atoms with Crippen molar-refractivity contribution in [1.82, 2.24) is 14.9 Å². The number of carbonyl (C=O) groups excluding carboxylic acids is 1. The van der Waals surface area contributed by atoms with Gasteiger partial charge in [-0.1, -0.05) is 0 Å². The number of nitrogens with one attached hydrogen (secondary N) is 2. The molecule has 0 unspecified atom stereocenters. The molecule has 0 aliphatic carbocycles. The van der Waals surface area contributed by atoms with Gasteiger partial charge in [0.2, 0.25) is 0 Å². The number of hydrogen-bond donors (Lipinski definition) is 4. The number of carbonyl (C=O) groups is 1. The van der Waals surface area contributed by atoms with Crippen LogP contribution in [0.25, 0.3) is 11.4 Å². The lowest BCUT2D eigenvalue weighted by Gasteiger charge is -2.17. The number of amides is 1. The molecule has 26 heavy (non-hydrogen) atoms. The van der Waals surface area contributed by atoms with Crippen molar-refractivity contribution in [2.45, 2.75) is 19.8 Å². The summed E-state index contributed by atoms with van der Waals surface area (Å²) in [6.45, 7) is 3.77. The second-order valence-electron chi connectivity index (χ2n) is 5.96. The Balaban J connectivity index is 2.03. The van der Waals surface area contributed by atoms with Crippen LogP contribution >= 0.6 is 0 Å². The van der Waals surface area contributed by atoms with Crippen molar-refractivity contribution in [3.05, 3.63) is 34.1 Å². The number of aromatic amines is 1. The smallest absolute Gasteiger partial charge is 0.276 e.